The van der Waals surface area contributed by atoms with Crippen molar-refractivity contribution in [2.24, 2.45) is 10.2 Å². The minimum atomic E-state index is -0.534. The lowest BCUT2D eigenvalue weighted by atomic mass is 9.99. The number of ether oxygens (including phenoxy) is 2. The number of cyclic esters (lactones) is 2. The molecule has 0 aliphatic carbocycles. The maximum Gasteiger partial charge on any atom is 0.428 e. The number of rotatable bonds is 3. The van der Waals surface area contributed by atoms with Crippen molar-refractivity contribution in [2.75, 3.05) is 6.61 Å². The summed E-state index contributed by atoms with van der Waals surface area (Å²) in [5.74, 6) is 0. The molecule has 32 heavy (non-hydrogen) atoms. The zero-order valence-corrected chi connectivity index (χ0v) is 17.0. The first-order valence-electron chi connectivity index (χ1n) is 9.90. The van der Waals surface area contributed by atoms with E-state index in [4.69, 9.17) is 9.47 Å². The second-order valence-corrected chi connectivity index (χ2v) is 6.78. The maximum atomic E-state index is 11.4. The fraction of sp³-hybridized carbons (Fsp3) is 0.0833. The predicted octanol–water partition coefficient (Wildman–Crippen LogP) is 4.00. The normalized spacial score (nSPS) is 17.2. The molecule has 0 spiro atoms. The lowest BCUT2D eigenvalue weighted by Crippen LogP contribution is -2.33. The summed E-state index contributed by atoms with van der Waals surface area (Å²) in [6, 6.07) is 28.8. The number of benzene rings is 3. The number of carbonyl (C=O) groups excluding carboxylic acids is 2. The van der Waals surface area contributed by atoms with E-state index in [9.17, 15) is 9.59 Å². The zero-order chi connectivity index (χ0) is 22.2. The van der Waals surface area contributed by atoms with Crippen LogP contribution in [0.5, 0.6) is 0 Å². The third-order valence-corrected chi connectivity index (χ3v) is 4.64. The highest BCUT2D eigenvalue weighted by Gasteiger charge is 2.28. The molecule has 2 N–H and O–H groups in total. The van der Waals surface area contributed by atoms with E-state index in [2.05, 4.69) is 21.1 Å². The van der Waals surface area contributed by atoms with Crippen molar-refractivity contribution in [1.82, 2.24) is 10.9 Å². The summed E-state index contributed by atoms with van der Waals surface area (Å²) < 4.78 is 10.1. The Labute approximate surface area is 184 Å². The number of hydrogen-bond acceptors (Lipinski definition) is 6. The summed E-state index contributed by atoms with van der Waals surface area (Å²) >= 11 is 0. The van der Waals surface area contributed by atoms with Gasteiger partial charge in [0.25, 0.3) is 0 Å². The van der Waals surface area contributed by atoms with Crippen LogP contribution in [-0.4, -0.2) is 30.2 Å². The molecule has 0 aromatic heterocycles. The second kappa shape index (κ2) is 10.0. The van der Waals surface area contributed by atoms with Crippen LogP contribution in [0.25, 0.3) is 0 Å². The number of amides is 2. The highest BCUT2D eigenvalue weighted by atomic mass is 16.6. The van der Waals surface area contributed by atoms with E-state index >= 15 is 0 Å². The molecule has 0 radical (unpaired) electrons. The SMILES string of the molecule is O=C1NN=C(c2ccccc2)C(c2ccccc2)O1.O=C1NN=C(c2ccccc2)CO1. The van der Waals surface area contributed by atoms with E-state index in [1.165, 1.54) is 0 Å². The van der Waals surface area contributed by atoms with Crippen LogP contribution in [0.2, 0.25) is 0 Å². The van der Waals surface area contributed by atoms with Crippen molar-refractivity contribution in [1.29, 1.82) is 0 Å². The molecule has 8 heteroatoms. The van der Waals surface area contributed by atoms with Gasteiger partial charge in [-0.05, 0) is 5.56 Å². The van der Waals surface area contributed by atoms with Gasteiger partial charge in [-0.2, -0.15) is 10.2 Å². The maximum absolute atomic E-state index is 11.4. The average Bonchev–Trinajstić information content (AvgIpc) is 2.86. The number of carbonyl (C=O) groups is 2. The van der Waals surface area contributed by atoms with Crippen LogP contribution in [0, 0.1) is 0 Å². The third kappa shape index (κ3) is 5.17. The van der Waals surface area contributed by atoms with Gasteiger partial charge < -0.3 is 9.47 Å². The van der Waals surface area contributed by atoms with Gasteiger partial charge in [-0.15, -0.1) is 0 Å². The molecule has 3 aromatic rings. The quantitative estimate of drug-likeness (QED) is 0.658. The standard InChI is InChI=1S/C15H12N2O2.C9H8N2O2/c18-15-17-16-13(11-7-3-1-4-8-11)14(19-15)12-9-5-2-6-10-12;12-9-11-10-8(6-13-9)7-4-2-1-3-5-7/h1-10,14H,(H,17,18);1-5H,6H2,(H,11,12). The van der Waals surface area contributed by atoms with Crippen molar-refractivity contribution < 1.29 is 19.1 Å². The summed E-state index contributed by atoms with van der Waals surface area (Å²) in [7, 11) is 0. The Morgan fingerprint density at radius 2 is 1.25 bits per heavy atom. The Balaban J connectivity index is 0.000000165. The highest BCUT2D eigenvalue weighted by molar-refractivity contribution is 6.06. The fourth-order valence-corrected chi connectivity index (χ4v) is 3.12. The van der Waals surface area contributed by atoms with Gasteiger partial charge in [0.15, 0.2) is 6.10 Å². The Morgan fingerprint density at radius 1 is 0.688 bits per heavy atom. The molecule has 1 atom stereocenters. The van der Waals surface area contributed by atoms with Crippen LogP contribution in [0.4, 0.5) is 9.59 Å². The van der Waals surface area contributed by atoms with Crippen LogP contribution in [0.3, 0.4) is 0 Å². The van der Waals surface area contributed by atoms with Crippen LogP contribution in [0.15, 0.2) is 101 Å². The molecule has 5 rings (SSSR count). The molecule has 0 saturated heterocycles. The molecule has 1 unspecified atom stereocenters. The number of nitrogens with zero attached hydrogens (tertiary/aromatic N) is 2. The van der Waals surface area contributed by atoms with Crippen molar-refractivity contribution in [3.05, 3.63) is 108 Å². The summed E-state index contributed by atoms with van der Waals surface area (Å²) in [6.07, 6.45) is -1.51. The number of hydrogen-bond donors (Lipinski definition) is 2. The van der Waals surface area contributed by atoms with E-state index < -0.39 is 18.3 Å². The Bertz CT molecular complexity index is 1130. The fourth-order valence-electron chi connectivity index (χ4n) is 3.12. The Hall–Kier alpha value is -4.46. The van der Waals surface area contributed by atoms with Gasteiger partial charge >= 0.3 is 12.2 Å². The molecule has 2 aliphatic heterocycles. The molecule has 2 amide bonds. The molecule has 0 bridgehead atoms. The predicted molar refractivity (Wildman–Crippen MR) is 119 cm³/mol. The second-order valence-electron chi connectivity index (χ2n) is 6.78. The molecular weight excluding hydrogens is 408 g/mol. The third-order valence-electron chi connectivity index (χ3n) is 4.64. The van der Waals surface area contributed by atoms with E-state index in [1.807, 2.05) is 91.0 Å². The molecule has 2 aliphatic rings. The topological polar surface area (TPSA) is 101 Å². The molecule has 2 heterocycles. The average molecular weight is 428 g/mol. The number of nitrogens with one attached hydrogen (secondary N) is 2. The van der Waals surface area contributed by atoms with E-state index in [1.54, 1.807) is 0 Å². The van der Waals surface area contributed by atoms with Gasteiger partial charge in [0.2, 0.25) is 0 Å². The molecular formula is C24H20N4O4. The van der Waals surface area contributed by atoms with E-state index in [0.717, 1.165) is 22.4 Å². The first-order chi connectivity index (χ1) is 15.7. The minimum absolute atomic E-state index is 0.232. The van der Waals surface area contributed by atoms with Crippen LogP contribution < -0.4 is 10.9 Å². The molecule has 0 fully saturated rings. The lowest BCUT2D eigenvalue weighted by Gasteiger charge is -2.23. The summed E-state index contributed by atoms with van der Waals surface area (Å²) in [5.41, 5.74) is 8.84. The Morgan fingerprint density at radius 3 is 1.84 bits per heavy atom. The molecule has 0 saturated carbocycles. The van der Waals surface area contributed by atoms with Gasteiger partial charge in [0.1, 0.15) is 18.0 Å². The van der Waals surface area contributed by atoms with Crippen molar-refractivity contribution in [3.63, 3.8) is 0 Å². The first-order valence-corrected chi connectivity index (χ1v) is 9.90. The van der Waals surface area contributed by atoms with E-state index in [-0.39, 0.29) is 6.61 Å². The summed E-state index contributed by atoms with van der Waals surface area (Å²) in [4.78, 5) is 22.0. The largest absolute Gasteiger partial charge is 0.442 e. The van der Waals surface area contributed by atoms with Gasteiger partial charge in [0.05, 0.1) is 0 Å². The van der Waals surface area contributed by atoms with Crippen molar-refractivity contribution in [2.45, 2.75) is 6.10 Å². The van der Waals surface area contributed by atoms with Crippen molar-refractivity contribution in [3.8, 4) is 0 Å². The van der Waals surface area contributed by atoms with Crippen LogP contribution >= 0.6 is 0 Å². The summed E-state index contributed by atoms with van der Waals surface area (Å²) in [6.45, 7) is 0.232. The van der Waals surface area contributed by atoms with Crippen molar-refractivity contribution >= 4 is 23.6 Å². The monoisotopic (exact) mass is 428 g/mol. The van der Waals surface area contributed by atoms with Gasteiger partial charge in [0, 0.05) is 11.1 Å². The van der Waals surface area contributed by atoms with Crippen LogP contribution in [0.1, 0.15) is 22.8 Å². The lowest BCUT2D eigenvalue weighted by molar-refractivity contribution is 0.121. The minimum Gasteiger partial charge on any atom is -0.442 e. The van der Waals surface area contributed by atoms with Gasteiger partial charge in [-0.25, -0.2) is 20.4 Å². The van der Waals surface area contributed by atoms with Gasteiger partial charge in [-0.1, -0.05) is 91.0 Å². The van der Waals surface area contributed by atoms with E-state index in [0.29, 0.717) is 5.71 Å². The molecule has 3 aromatic carbocycles. The highest BCUT2D eigenvalue weighted by Crippen LogP contribution is 2.25. The smallest absolute Gasteiger partial charge is 0.428 e. The Kier molecular flexibility index (Phi) is 6.52. The zero-order valence-electron chi connectivity index (χ0n) is 17.0. The van der Waals surface area contributed by atoms with Gasteiger partial charge in [-0.3, -0.25) is 0 Å². The first kappa shape index (κ1) is 20.8. The number of hydrazone groups is 2. The van der Waals surface area contributed by atoms with Crippen LogP contribution in [-0.2, 0) is 9.47 Å². The molecule has 160 valence electrons. The summed E-state index contributed by atoms with van der Waals surface area (Å²) in [5, 5.41) is 8.00. The molecule has 8 nitrogen and oxygen atoms in total.